The van der Waals surface area contributed by atoms with Crippen molar-refractivity contribution in [1.82, 2.24) is 4.98 Å². The predicted octanol–water partition coefficient (Wildman–Crippen LogP) is 11.7. The second-order valence-electron chi connectivity index (χ2n) is 17.7. The predicted molar refractivity (Wildman–Crippen MR) is 215 cm³/mol. The Kier molecular flexibility index (Phi) is 16.9. The number of carbonyl (C=O) groups is 2. The summed E-state index contributed by atoms with van der Waals surface area (Å²) in [5, 5.41) is 2.84. The maximum Gasteiger partial charge on any atom is 0.309 e. The molecular weight excluding hydrogens is 663 g/mol. The smallest absolute Gasteiger partial charge is 0.309 e. The van der Waals surface area contributed by atoms with Crippen LogP contribution in [0.5, 0.6) is 0 Å². The third-order valence-corrected chi connectivity index (χ3v) is 20.7. The average Bonchev–Trinajstić information content (AvgIpc) is 3.37. The SMILES string of the molecule is C=CCCCC(C)C(O[Si](C)(C)C(C)(C)C)C(C)C(=O)C(C)(C)C(CC(=O)O[C@@H](CC=C)/C(C)=C/c1csc(C)n1)O[Si](C)(C)C(C)(C)C. The lowest BCUT2D eigenvalue weighted by Gasteiger charge is -2.46. The molecule has 0 saturated carbocycles. The number of esters is 1. The number of hydrogen-bond acceptors (Lipinski definition) is 7. The van der Waals surface area contributed by atoms with Gasteiger partial charge < -0.3 is 13.6 Å². The van der Waals surface area contributed by atoms with Crippen LogP contribution in [0.1, 0.15) is 119 Å². The molecule has 49 heavy (non-hydrogen) atoms. The first kappa shape index (κ1) is 45.4. The van der Waals surface area contributed by atoms with Crippen LogP contribution in [-0.2, 0) is 23.2 Å². The van der Waals surface area contributed by atoms with Gasteiger partial charge in [0, 0.05) is 23.1 Å². The molecule has 0 fully saturated rings. The van der Waals surface area contributed by atoms with Gasteiger partial charge in [-0.05, 0) is 86.9 Å². The van der Waals surface area contributed by atoms with Crippen molar-refractivity contribution < 1.29 is 23.2 Å². The summed E-state index contributed by atoms with van der Waals surface area (Å²) in [5.74, 6) is -0.562. The molecule has 0 saturated heterocycles. The number of nitrogens with zero attached hydrogens (tertiary/aromatic N) is 1. The van der Waals surface area contributed by atoms with Crippen molar-refractivity contribution in [3.05, 3.63) is 47.0 Å². The van der Waals surface area contributed by atoms with E-state index < -0.39 is 46.1 Å². The largest absolute Gasteiger partial charge is 0.457 e. The van der Waals surface area contributed by atoms with Gasteiger partial charge >= 0.3 is 5.97 Å². The molecule has 4 unspecified atom stereocenters. The number of hydrogen-bond donors (Lipinski definition) is 0. The molecular formula is C40H71NO5SSi2. The van der Waals surface area contributed by atoms with E-state index in [2.05, 4.69) is 92.8 Å². The van der Waals surface area contributed by atoms with Gasteiger partial charge in [-0.15, -0.1) is 24.5 Å². The van der Waals surface area contributed by atoms with Gasteiger partial charge in [-0.25, -0.2) is 4.98 Å². The number of aryl methyl sites for hydroxylation is 1. The quantitative estimate of drug-likeness (QED) is 0.0575. The van der Waals surface area contributed by atoms with Crippen molar-refractivity contribution in [3.8, 4) is 0 Å². The van der Waals surface area contributed by atoms with Crippen molar-refractivity contribution in [1.29, 1.82) is 0 Å². The molecule has 0 spiro atoms. The third-order valence-electron chi connectivity index (χ3n) is 11.0. The minimum Gasteiger partial charge on any atom is -0.457 e. The first-order valence-electron chi connectivity index (χ1n) is 18.1. The van der Waals surface area contributed by atoms with E-state index in [1.54, 1.807) is 17.4 Å². The number of aromatic nitrogens is 1. The van der Waals surface area contributed by atoms with E-state index in [4.69, 9.17) is 13.6 Å². The van der Waals surface area contributed by atoms with Gasteiger partial charge in [-0.3, -0.25) is 9.59 Å². The summed E-state index contributed by atoms with van der Waals surface area (Å²) in [5.41, 5.74) is 0.749. The zero-order valence-corrected chi connectivity index (χ0v) is 36.9. The highest BCUT2D eigenvalue weighted by atomic mass is 32.1. The normalized spacial score (nSPS) is 16.8. The second-order valence-corrected chi connectivity index (χ2v) is 28.2. The topological polar surface area (TPSA) is 74.7 Å². The Balaban J connectivity index is 3.55. The Labute approximate surface area is 306 Å². The summed E-state index contributed by atoms with van der Waals surface area (Å²) in [6, 6.07) is 0. The summed E-state index contributed by atoms with van der Waals surface area (Å²) in [6.07, 6.45) is 7.57. The van der Waals surface area contributed by atoms with Gasteiger partial charge in [0.1, 0.15) is 11.9 Å². The monoisotopic (exact) mass is 733 g/mol. The fourth-order valence-corrected chi connectivity index (χ4v) is 8.94. The van der Waals surface area contributed by atoms with Crippen LogP contribution >= 0.6 is 11.3 Å². The summed E-state index contributed by atoms with van der Waals surface area (Å²) < 4.78 is 20.2. The molecule has 5 atom stereocenters. The number of thiazole rings is 1. The van der Waals surface area contributed by atoms with E-state index in [0.29, 0.717) is 6.42 Å². The average molecular weight is 734 g/mol. The van der Waals surface area contributed by atoms with E-state index in [1.165, 1.54) is 0 Å². The van der Waals surface area contributed by atoms with Crippen LogP contribution in [0.3, 0.4) is 0 Å². The molecule has 1 heterocycles. The molecule has 0 aliphatic heterocycles. The minimum atomic E-state index is -2.41. The number of ether oxygens (including phenoxy) is 1. The van der Waals surface area contributed by atoms with Crippen LogP contribution in [-0.4, -0.2) is 51.7 Å². The number of ketones is 1. The number of carbonyl (C=O) groups excluding carboxylic acids is 2. The van der Waals surface area contributed by atoms with Crippen molar-refractivity contribution in [2.75, 3.05) is 0 Å². The van der Waals surface area contributed by atoms with Gasteiger partial charge in [0.05, 0.1) is 29.3 Å². The number of Topliss-reactive ketones (excluding diaryl/α,β-unsaturated/α-hetero) is 1. The van der Waals surface area contributed by atoms with Gasteiger partial charge in [0.15, 0.2) is 16.6 Å². The molecule has 280 valence electrons. The molecule has 0 bridgehead atoms. The standard InChI is InChI=1S/C40H71NO5SSi2/c1-19-21-22-24-28(3)36(46-49(17,18)39(10,11)12)30(5)37(43)40(13,14)34(45-48(15,16)38(7,8)9)26-35(42)44-33(23-20-2)29(4)25-32-27-47-31(6)41-32/h19-20,25,27-28,30,33-34,36H,1-2,21-24,26H2,3-18H3/b29-25+/t28?,30?,33-,34?,36?/m0/s1. The van der Waals surface area contributed by atoms with Gasteiger partial charge in [0.25, 0.3) is 0 Å². The first-order chi connectivity index (χ1) is 22.2. The lowest BCUT2D eigenvalue weighted by Crippen LogP contribution is -2.54. The lowest BCUT2D eigenvalue weighted by atomic mass is 9.73. The Morgan fingerprint density at radius 3 is 1.96 bits per heavy atom. The van der Waals surface area contributed by atoms with E-state index in [1.807, 2.05) is 52.2 Å². The number of allylic oxidation sites excluding steroid dienone is 1. The van der Waals surface area contributed by atoms with Gasteiger partial charge in [0.2, 0.25) is 0 Å². The number of unbranched alkanes of at least 4 members (excludes halogenated alkanes) is 1. The first-order valence-corrected chi connectivity index (χ1v) is 24.8. The highest BCUT2D eigenvalue weighted by Gasteiger charge is 2.50. The van der Waals surface area contributed by atoms with E-state index in [0.717, 1.165) is 35.5 Å². The Bertz CT molecular complexity index is 1280. The van der Waals surface area contributed by atoms with Crippen LogP contribution < -0.4 is 0 Å². The molecule has 0 aliphatic rings. The van der Waals surface area contributed by atoms with Gasteiger partial charge in [-0.2, -0.15) is 0 Å². The molecule has 1 rings (SSSR count). The molecule has 9 heteroatoms. The van der Waals surface area contributed by atoms with Crippen molar-refractivity contribution in [2.45, 2.75) is 170 Å². The van der Waals surface area contributed by atoms with E-state index >= 15 is 0 Å². The van der Waals surface area contributed by atoms with E-state index in [9.17, 15) is 9.59 Å². The fourth-order valence-electron chi connectivity index (χ4n) is 5.46. The molecule has 0 aromatic carbocycles. The van der Waals surface area contributed by atoms with Crippen LogP contribution in [0.25, 0.3) is 6.08 Å². The van der Waals surface area contributed by atoms with Gasteiger partial charge in [-0.1, -0.05) is 81.4 Å². The zero-order valence-electron chi connectivity index (χ0n) is 34.0. The molecule has 1 aromatic rings. The molecule has 1 aromatic heterocycles. The minimum absolute atomic E-state index is 0.00498. The Hall–Kier alpha value is -1.66. The Morgan fingerprint density at radius 1 is 0.939 bits per heavy atom. The van der Waals surface area contributed by atoms with Crippen LogP contribution in [0, 0.1) is 24.2 Å². The number of rotatable bonds is 20. The van der Waals surface area contributed by atoms with Crippen LogP contribution in [0.4, 0.5) is 0 Å². The molecule has 0 aliphatic carbocycles. The Morgan fingerprint density at radius 2 is 1.49 bits per heavy atom. The molecule has 0 amide bonds. The molecule has 6 nitrogen and oxygen atoms in total. The molecule has 0 N–H and O–H groups in total. The van der Waals surface area contributed by atoms with Crippen LogP contribution in [0.15, 0.2) is 36.3 Å². The third kappa shape index (κ3) is 13.1. The van der Waals surface area contributed by atoms with Crippen molar-refractivity contribution >= 4 is 45.8 Å². The highest BCUT2D eigenvalue weighted by Crippen LogP contribution is 2.44. The maximum absolute atomic E-state index is 14.8. The molecule has 0 radical (unpaired) electrons. The second kappa shape index (κ2) is 18.2. The summed E-state index contributed by atoms with van der Waals surface area (Å²) in [7, 11) is -4.63. The van der Waals surface area contributed by atoms with Crippen LogP contribution in [0.2, 0.25) is 36.3 Å². The summed E-state index contributed by atoms with van der Waals surface area (Å²) >= 11 is 1.58. The highest BCUT2D eigenvalue weighted by molar-refractivity contribution is 7.09. The summed E-state index contributed by atoms with van der Waals surface area (Å²) in [6.45, 7) is 41.9. The van der Waals surface area contributed by atoms with Crippen molar-refractivity contribution in [2.24, 2.45) is 17.3 Å². The zero-order chi connectivity index (χ0) is 38.2. The van der Waals surface area contributed by atoms with E-state index in [-0.39, 0.29) is 34.3 Å². The lowest BCUT2D eigenvalue weighted by molar-refractivity contribution is -0.153. The summed E-state index contributed by atoms with van der Waals surface area (Å²) in [4.78, 5) is 33.3. The van der Waals surface area contributed by atoms with Crippen molar-refractivity contribution in [3.63, 3.8) is 0 Å². The maximum atomic E-state index is 14.8. The fraction of sp³-hybridized carbons (Fsp3) is 0.725.